The quantitative estimate of drug-likeness (QED) is 0.107. The lowest BCUT2D eigenvalue weighted by atomic mass is 10.0. The summed E-state index contributed by atoms with van der Waals surface area (Å²) < 4.78 is 12.6. The van der Waals surface area contributed by atoms with Crippen molar-refractivity contribution in [2.75, 3.05) is 0 Å². The van der Waals surface area contributed by atoms with Crippen molar-refractivity contribution < 1.29 is 19.1 Å². The van der Waals surface area contributed by atoms with E-state index in [1.807, 2.05) is 80.5 Å². The number of amides is 2. The lowest BCUT2D eigenvalue weighted by Crippen LogP contribution is -2.28. The van der Waals surface area contributed by atoms with Crippen molar-refractivity contribution in [1.82, 2.24) is 20.6 Å². The monoisotopic (exact) mass is 787 g/mol. The van der Waals surface area contributed by atoms with Gasteiger partial charge in [-0.25, -0.2) is 4.85 Å². The molecule has 2 amide bonds. The summed E-state index contributed by atoms with van der Waals surface area (Å²) in [6, 6.07) is 10.6. The zero-order valence-electron chi connectivity index (χ0n) is 32.2. The molecule has 0 saturated heterocycles. The highest BCUT2D eigenvalue weighted by molar-refractivity contribution is 9.10. The summed E-state index contributed by atoms with van der Waals surface area (Å²) in [6.45, 7) is 26.6. The van der Waals surface area contributed by atoms with Gasteiger partial charge in [0.25, 0.3) is 22.9 Å². The van der Waals surface area contributed by atoms with Crippen molar-refractivity contribution in [3.05, 3.63) is 129 Å². The lowest BCUT2D eigenvalue weighted by Gasteiger charge is -2.17. The molecular weight excluding hydrogens is 738 g/mol. The topological polar surface area (TPSA) is 147 Å². The second-order valence-corrected chi connectivity index (χ2v) is 14.1. The predicted molar refractivity (Wildman–Crippen MR) is 212 cm³/mol. The third-order valence-corrected chi connectivity index (χ3v) is 9.39. The second-order valence-electron chi connectivity index (χ2n) is 13.2. The number of hydrogen-bond donors (Lipinski definition) is 4. The smallest absolute Gasteiger partial charge is 0.253 e. The molecule has 0 aliphatic heterocycles. The Labute approximate surface area is 319 Å². The number of pyridine rings is 2. The number of aromatic nitrogens is 2. The third kappa shape index (κ3) is 11.4. The van der Waals surface area contributed by atoms with E-state index >= 15 is 0 Å². The van der Waals surface area contributed by atoms with Gasteiger partial charge >= 0.3 is 0 Å². The van der Waals surface area contributed by atoms with Crippen LogP contribution < -0.4 is 31.2 Å². The Balaban J connectivity index is 0.000000286. The highest BCUT2D eigenvalue weighted by atomic mass is 79.9. The van der Waals surface area contributed by atoms with E-state index < -0.39 is 0 Å². The van der Waals surface area contributed by atoms with Crippen molar-refractivity contribution in [2.24, 2.45) is 0 Å². The fourth-order valence-electron chi connectivity index (χ4n) is 5.44. The van der Waals surface area contributed by atoms with Gasteiger partial charge in [-0.3, -0.25) is 19.2 Å². The number of carbonyl (C=O) groups is 2. The van der Waals surface area contributed by atoms with Crippen molar-refractivity contribution >= 4 is 33.4 Å². The molecule has 12 heteroatoms. The second kappa shape index (κ2) is 19.1. The van der Waals surface area contributed by atoms with Gasteiger partial charge in [0.15, 0.2) is 5.69 Å². The number of halogens is 1. The summed E-state index contributed by atoms with van der Waals surface area (Å²) in [4.78, 5) is 58.6. The van der Waals surface area contributed by atoms with E-state index in [-0.39, 0.29) is 48.2 Å². The summed E-state index contributed by atoms with van der Waals surface area (Å²) in [5, 5.41) is 5.63. The molecule has 0 aliphatic rings. The Morgan fingerprint density at radius 2 is 1.13 bits per heavy atom. The van der Waals surface area contributed by atoms with Gasteiger partial charge in [0.05, 0.1) is 18.8 Å². The standard InChI is InChI=1S/C21H25N3O3.C20H25BrN2O3/c1-7-14(4)27-19-10-16(22-6)9-17(15(19)5)20(25)23-11-18-12(2)8-13(3)24-21(18)26;1-6-13(4)26-18-9-15(21)8-16(14(18)5)19(24)22-10-17-11(2)7-12(3)23-20(17)25/h8-10,14H,7,11H2,1-5H3,(H,23,25)(H,24,26);7-9,13H,6,10H2,1-5H3,(H,22,24)(H,23,25). The summed E-state index contributed by atoms with van der Waals surface area (Å²) in [5.41, 5.74) is 6.66. The van der Waals surface area contributed by atoms with E-state index in [0.29, 0.717) is 45.0 Å². The van der Waals surface area contributed by atoms with Crippen LogP contribution in [0.2, 0.25) is 0 Å². The maximum absolute atomic E-state index is 12.7. The number of benzene rings is 2. The average Bonchev–Trinajstić information content (AvgIpc) is 3.09. The van der Waals surface area contributed by atoms with Crippen molar-refractivity contribution in [3.8, 4) is 11.5 Å². The zero-order chi connectivity index (χ0) is 39.6. The summed E-state index contributed by atoms with van der Waals surface area (Å²) in [6.07, 6.45) is 1.74. The first-order valence-electron chi connectivity index (χ1n) is 17.6. The van der Waals surface area contributed by atoms with Crippen LogP contribution in [0.15, 0.2) is 50.5 Å². The van der Waals surface area contributed by atoms with E-state index in [0.717, 1.165) is 45.4 Å². The lowest BCUT2D eigenvalue weighted by molar-refractivity contribution is 0.0941. The van der Waals surface area contributed by atoms with E-state index in [9.17, 15) is 19.2 Å². The van der Waals surface area contributed by atoms with E-state index in [4.69, 9.17) is 16.0 Å². The van der Waals surface area contributed by atoms with Crippen LogP contribution in [0, 0.1) is 48.1 Å². The number of nitrogens with zero attached hydrogens (tertiary/aromatic N) is 1. The fraction of sp³-hybridized carbons (Fsp3) is 0.390. The molecule has 4 aromatic rings. The SMILES string of the molecule is CCC(C)Oc1cc(Br)cc(C(=O)NCc2c(C)cc(C)[nH]c2=O)c1C.[C-]#[N+]c1cc(OC(C)CC)c(C)c(C(=O)NCc2c(C)cc(C)[nH]c2=O)c1. The minimum atomic E-state index is -0.341. The highest BCUT2D eigenvalue weighted by Gasteiger charge is 2.18. The van der Waals surface area contributed by atoms with E-state index in [2.05, 4.69) is 41.4 Å². The first-order chi connectivity index (χ1) is 25.0. The predicted octanol–water partition coefficient (Wildman–Crippen LogP) is 8.13. The number of rotatable bonds is 12. The van der Waals surface area contributed by atoms with Crippen molar-refractivity contribution in [3.63, 3.8) is 0 Å². The first kappa shape index (κ1) is 42.3. The molecule has 53 heavy (non-hydrogen) atoms. The largest absolute Gasteiger partial charge is 0.492 e. The number of carbonyl (C=O) groups excluding carboxylic acids is 2. The molecule has 4 rings (SSSR count). The molecule has 2 heterocycles. The van der Waals surface area contributed by atoms with Gasteiger partial charge in [-0.2, -0.15) is 0 Å². The minimum Gasteiger partial charge on any atom is -0.492 e. The Hall–Kier alpha value is -5.15. The normalized spacial score (nSPS) is 11.7. The molecule has 0 fully saturated rings. The molecule has 0 bridgehead atoms. The van der Waals surface area contributed by atoms with Gasteiger partial charge in [0.2, 0.25) is 0 Å². The Morgan fingerprint density at radius 1 is 0.717 bits per heavy atom. The molecule has 2 aromatic heterocycles. The van der Waals surface area contributed by atoms with Crippen LogP contribution in [0.5, 0.6) is 11.5 Å². The van der Waals surface area contributed by atoms with Crippen LogP contribution in [-0.2, 0) is 13.1 Å². The van der Waals surface area contributed by atoms with Gasteiger partial charge in [-0.15, -0.1) is 0 Å². The van der Waals surface area contributed by atoms with Gasteiger partial charge in [-0.05, 0) is 116 Å². The fourth-order valence-corrected chi connectivity index (χ4v) is 5.88. The number of aryl methyl sites for hydroxylation is 4. The Morgan fingerprint density at radius 3 is 1.53 bits per heavy atom. The van der Waals surface area contributed by atoms with Crippen LogP contribution in [-0.4, -0.2) is 34.0 Å². The third-order valence-electron chi connectivity index (χ3n) is 8.93. The number of aromatic amines is 2. The molecule has 0 radical (unpaired) electrons. The molecule has 4 N–H and O–H groups in total. The number of ether oxygens (including phenoxy) is 2. The molecular formula is C41H50BrN5O6. The average molecular weight is 789 g/mol. The van der Waals surface area contributed by atoms with Gasteiger partial charge in [0, 0.05) is 62.3 Å². The van der Waals surface area contributed by atoms with Gasteiger partial charge in [0.1, 0.15) is 11.5 Å². The molecule has 2 unspecified atom stereocenters. The molecule has 11 nitrogen and oxygen atoms in total. The van der Waals surface area contributed by atoms with Gasteiger partial charge < -0.3 is 30.1 Å². The van der Waals surface area contributed by atoms with Crippen LogP contribution in [0.4, 0.5) is 5.69 Å². The van der Waals surface area contributed by atoms with Crippen molar-refractivity contribution in [2.45, 2.75) is 107 Å². The van der Waals surface area contributed by atoms with Crippen LogP contribution >= 0.6 is 15.9 Å². The van der Waals surface area contributed by atoms with Crippen LogP contribution in [0.1, 0.15) is 106 Å². The molecule has 0 saturated carbocycles. The Bertz CT molecular complexity index is 2130. The summed E-state index contributed by atoms with van der Waals surface area (Å²) >= 11 is 3.44. The Kier molecular flexibility index (Phi) is 15.2. The molecule has 282 valence electrons. The maximum atomic E-state index is 12.7. The number of hydrogen-bond acceptors (Lipinski definition) is 6. The molecule has 0 aliphatic carbocycles. The van der Waals surface area contributed by atoms with Crippen LogP contribution in [0.3, 0.4) is 0 Å². The molecule has 0 spiro atoms. The van der Waals surface area contributed by atoms with Gasteiger partial charge in [-0.1, -0.05) is 29.8 Å². The zero-order valence-corrected chi connectivity index (χ0v) is 33.8. The summed E-state index contributed by atoms with van der Waals surface area (Å²) in [5.74, 6) is 0.638. The van der Waals surface area contributed by atoms with E-state index in [1.54, 1.807) is 25.1 Å². The van der Waals surface area contributed by atoms with Crippen molar-refractivity contribution in [1.29, 1.82) is 0 Å². The summed E-state index contributed by atoms with van der Waals surface area (Å²) in [7, 11) is 0. The number of nitrogens with one attached hydrogen (secondary N) is 4. The maximum Gasteiger partial charge on any atom is 0.253 e. The van der Waals surface area contributed by atoms with Crippen LogP contribution in [0.25, 0.3) is 4.85 Å². The van der Waals surface area contributed by atoms with E-state index in [1.165, 1.54) is 0 Å². The first-order valence-corrected chi connectivity index (χ1v) is 18.4. The molecule has 2 aromatic carbocycles. The number of H-pyrrole nitrogens is 2. The minimum absolute atomic E-state index is 0.0191. The molecule has 2 atom stereocenters. The highest BCUT2D eigenvalue weighted by Crippen LogP contribution is 2.30.